The summed E-state index contributed by atoms with van der Waals surface area (Å²) in [4.78, 5) is 37.8. The van der Waals surface area contributed by atoms with Crippen molar-refractivity contribution >= 4 is 5.91 Å². The fourth-order valence-corrected chi connectivity index (χ4v) is 2.31. The van der Waals surface area contributed by atoms with Crippen LogP contribution in [0.1, 0.15) is 69.2 Å². The molecule has 0 spiro atoms. The van der Waals surface area contributed by atoms with E-state index in [4.69, 9.17) is 0 Å². The number of nitrogens with one attached hydrogen (secondary N) is 2. The zero-order valence-corrected chi connectivity index (χ0v) is 14.0. The molecule has 0 unspecified atom stereocenters. The van der Waals surface area contributed by atoms with Crippen LogP contribution in [0.25, 0.3) is 0 Å². The third-order valence-corrected chi connectivity index (χ3v) is 3.70. The van der Waals surface area contributed by atoms with Gasteiger partial charge in [0.15, 0.2) is 5.56 Å². The maximum atomic E-state index is 12.0. The molecule has 0 aliphatic carbocycles. The van der Waals surface area contributed by atoms with E-state index in [0.29, 0.717) is 13.0 Å². The van der Waals surface area contributed by atoms with Gasteiger partial charge in [0.05, 0.1) is 0 Å². The van der Waals surface area contributed by atoms with Crippen molar-refractivity contribution in [3.8, 4) is 5.88 Å². The molecular formula is C16H27N3O4. The molecule has 1 heterocycles. The molecule has 3 N–H and O–H groups in total. The van der Waals surface area contributed by atoms with Gasteiger partial charge in [-0.15, -0.1) is 0 Å². The van der Waals surface area contributed by atoms with Crippen molar-refractivity contribution in [2.45, 2.75) is 65.3 Å². The van der Waals surface area contributed by atoms with Gasteiger partial charge >= 0.3 is 5.69 Å². The van der Waals surface area contributed by atoms with Gasteiger partial charge in [-0.1, -0.05) is 46.0 Å². The van der Waals surface area contributed by atoms with Crippen molar-refractivity contribution in [2.75, 3.05) is 6.54 Å². The van der Waals surface area contributed by atoms with Crippen LogP contribution < -0.4 is 16.6 Å². The fraction of sp³-hybridized carbons (Fsp3) is 0.688. The summed E-state index contributed by atoms with van der Waals surface area (Å²) in [6.07, 6.45) is 6.61. The van der Waals surface area contributed by atoms with Crippen molar-refractivity contribution in [3.63, 3.8) is 0 Å². The lowest BCUT2D eigenvalue weighted by Crippen LogP contribution is -2.37. The number of carbonyl (C=O) groups excluding carboxylic acids is 1. The van der Waals surface area contributed by atoms with Crippen molar-refractivity contribution in [1.29, 1.82) is 0 Å². The Kier molecular flexibility index (Phi) is 8.15. The molecule has 0 saturated heterocycles. The molecule has 130 valence electrons. The highest BCUT2D eigenvalue weighted by molar-refractivity contribution is 5.95. The molecule has 0 fully saturated rings. The first-order chi connectivity index (χ1) is 11.0. The summed E-state index contributed by atoms with van der Waals surface area (Å²) in [5.41, 5.74) is -1.94. The van der Waals surface area contributed by atoms with Gasteiger partial charge in [-0.25, -0.2) is 4.79 Å². The van der Waals surface area contributed by atoms with Gasteiger partial charge in [0.2, 0.25) is 5.88 Å². The van der Waals surface area contributed by atoms with Crippen LogP contribution in [0.5, 0.6) is 5.88 Å². The highest BCUT2D eigenvalue weighted by Gasteiger charge is 2.20. The summed E-state index contributed by atoms with van der Waals surface area (Å²) in [5.74, 6) is -1.21. The second kappa shape index (κ2) is 9.86. The Balaban J connectivity index is 2.87. The van der Waals surface area contributed by atoms with Crippen LogP contribution in [0.2, 0.25) is 0 Å². The standard InChI is InChI=1S/C16H27N3O4/c1-3-5-7-8-9-11-19-15(22)12(14(21)18-16(19)23)13(20)17-10-6-4-2/h22H,3-11H2,1-2H3,(H,17,20)(H,18,21,23). The molecule has 1 aromatic rings. The van der Waals surface area contributed by atoms with Crippen LogP contribution in [0.3, 0.4) is 0 Å². The van der Waals surface area contributed by atoms with Gasteiger partial charge in [0.25, 0.3) is 11.5 Å². The molecule has 0 bridgehead atoms. The number of amides is 1. The summed E-state index contributed by atoms with van der Waals surface area (Å²) >= 11 is 0. The number of hydrogen-bond donors (Lipinski definition) is 3. The lowest BCUT2D eigenvalue weighted by atomic mass is 10.1. The number of hydrogen-bond acceptors (Lipinski definition) is 4. The van der Waals surface area contributed by atoms with E-state index in [2.05, 4.69) is 17.2 Å². The van der Waals surface area contributed by atoms with Gasteiger partial charge in [0, 0.05) is 13.1 Å². The average molecular weight is 325 g/mol. The summed E-state index contributed by atoms with van der Waals surface area (Å²) in [7, 11) is 0. The van der Waals surface area contributed by atoms with Crippen LogP contribution in [0.15, 0.2) is 9.59 Å². The van der Waals surface area contributed by atoms with Crippen LogP contribution in [0.4, 0.5) is 0 Å². The smallest absolute Gasteiger partial charge is 0.331 e. The topological polar surface area (TPSA) is 104 Å². The summed E-state index contributed by atoms with van der Waals surface area (Å²) in [6.45, 7) is 4.79. The number of aromatic amines is 1. The van der Waals surface area contributed by atoms with E-state index in [1.54, 1.807) is 0 Å². The SMILES string of the molecule is CCCCCCCn1c(O)c(C(=O)NCCCC)c(=O)[nH]c1=O. The maximum absolute atomic E-state index is 12.0. The number of rotatable bonds is 10. The van der Waals surface area contributed by atoms with Gasteiger partial charge in [-0.2, -0.15) is 0 Å². The zero-order valence-electron chi connectivity index (χ0n) is 14.0. The molecule has 0 saturated carbocycles. The van der Waals surface area contributed by atoms with E-state index in [9.17, 15) is 19.5 Å². The Hall–Kier alpha value is -2.05. The molecule has 0 radical (unpaired) electrons. The van der Waals surface area contributed by atoms with Gasteiger partial charge < -0.3 is 10.4 Å². The number of aromatic nitrogens is 2. The molecular weight excluding hydrogens is 298 g/mol. The normalized spacial score (nSPS) is 10.7. The molecule has 7 heteroatoms. The Morgan fingerprint density at radius 1 is 1.09 bits per heavy atom. The van der Waals surface area contributed by atoms with Gasteiger partial charge in [-0.3, -0.25) is 19.1 Å². The highest BCUT2D eigenvalue weighted by Crippen LogP contribution is 2.12. The first kappa shape index (κ1) is 19.0. The van der Waals surface area contributed by atoms with E-state index in [-0.39, 0.29) is 6.54 Å². The van der Waals surface area contributed by atoms with E-state index in [1.165, 1.54) is 0 Å². The van der Waals surface area contributed by atoms with Crippen molar-refractivity contribution in [3.05, 3.63) is 26.4 Å². The lowest BCUT2D eigenvalue weighted by Gasteiger charge is -2.11. The number of nitrogens with zero attached hydrogens (tertiary/aromatic N) is 1. The lowest BCUT2D eigenvalue weighted by molar-refractivity contribution is 0.0946. The highest BCUT2D eigenvalue weighted by atomic mass is 16.3. The zero-order chi connectivity index (χ0) is 17.2. The number of carbonyl (C=O) groups is 1. The van der Waals surface area contributed by atoms with E-state index in [0.717, 1.165) is 43.1 Å². The Morgan fingerprint density at radius 2 is 1.74 bits per heavy atom. The van der Waals surface area contributed by atoms with Gasteiger partial charge in [0.1, 0.15) is 0 Å². The average Bonchev–Trinajstić information content (AvgIpc) is 2.50. The molecule has 0 atom stereocenters. The Labute approximate surface area is 135 Å². The van der Waals surface area contributed by atoms with Crippen molar-refractivity contribution in [1.82, 2.24) is 14.9 Å². The van der Waals surface area contributed by atoms with Crippen LogP contribution in [-0.2, 0) is 6.54 Å². The molecule has 23 heavy (non-hydrogen) atoms. The minimum absolute atomic E-state index is 0.278. The van der Waals surface area contributed by atoms with E-state index in [1.807, 2.05) is 6.92 Å². The second-order valence-electron chi connectivity index (χ2n) is 5.63. The molecule has 1 aromatic heterocycles. The second-order valence-corrected chi connectivity index (χ2v) is 5.63. The first-order valence-corrected chi connectivity index (χ1v) is 8.37. The molecule has 0 aromatic carbocycles. The molecule has 7 nitrogen and oxygen atoms in total. The third-order valence-electron chi connectivity index (χ3n) is 3.70. The Bertz CT molecular complexity index is 619. The predicted molar refractivity (Wildman–Crippen MR) is 89.0 cm³/mol. The van der Waals surface area contributed by atoms with E-state index >= 15 is 0 Å². The van der Waals surface area contributed by atoms with Crippen LogP contribution in [-0.4, -0.2) is 27.1 Å². The molecule has 0 aliphatic rings. The minimum Gasteiger partial charge on any atom is -0.494 e. The quantitative estimate of drug-likeness (QED) is 0.570. The number of unbranched alkanes of at least 4 members (excludes halogenated alkanes) is 5. The van der Waals surface area contributed by atoms with Crippen LogP contribution in [0, 0.1) is 0 Å². The fourth-order valence-electron chi connectivity index (χ4n) is 2.31. The van der Waals surface area contributed by atoms with E-state index < -0.39 is 28.6 Å². The summed E-state index contributed by atoms with van der Waals surface area (Å²) in [6, 6.07) is 0. The van der Waals surface area contributed by atoms with Crippen LogP contribution >= 0.6 is 0 Å². The first-order valence-electron chi connectivity index (χ1n) is 8.37. The summed E-state index contributed by atoms with van der Waals surface area (Å²) < 4.78 is 1.06. The monoisotopic (exact) mass is 325 g/mol. The summed E-state index contributed by atoms with van der Waals surface area (Å²) in [5, 5.41) is 12.7. The molecule has 0 aliphatic heterocycles. The van der Waals surface area contributed by atoms with Crippen molar-refractivity contribution in [2.24, 2.45) is 0 Å². The third kappa shape index (κ3) is 5.58. The largest absolute Gasteiger partial charge is 0.494 e. The molecule has 1 rings (SSSR count). The minimum atomic E-state index is -0.858. The number of H-pyrrole nitrogens is 1. The van der Waals surface area contributed by atoms with Crippen molar-refractivity contribution < 1.29 is 9.90 Å². The Morgan fingerprint density at radius 3 is 2.39 bits per heavy atom. The predicted octanol–water partition coefficient (Wildman–Crippen LogP) is 1.74. The van der Waals surface area contributed by atoms with Gasteiger partial charge in [-0.05, 0) is 12.8 Å². The molecule has 1 amide bonds. The number of aromatic hydroxyl groups is 1. The maximum Gasteiger partial charge on any atom is 0.331 e.